The molecule has 122 valence electrons. The fourth-order valence-electron chi connectivity index (χ4n) is 2.28. The first-order valence-corrected chi connectivity index (χ1v) is 7.76. The summed E-state index contributed by atoms with van der Waals surface area (Å²) in [6.45, 7) is 2.76. The molecule has 1 aromatic rings. The summed E-state index contributed by atoms with van der Waals surface area (Å²) in [5.41, 5.74) is 1.17. The number of benzene rings is 1. The third kappa shape index (κ3) is 4.37. The first-order valence-electron chi connectivity index (χ1n) is 7.76. The molecule has 1 fully saturated rings. The van der Waals surface area contributed by atoms with E-state index in [1.165, 1.54) is 5.56 Å². The molecule has 1 saturated carbocycles. The van der Waals surface area contributed by atoms with Crippen molar-refractivity contribution in [2.24, 2.45) is 0 Å². The van der Waals surface area contributed by atoms with Gasteiger partial charge in [0.15, 0.2) is 11.5 Å². The zero-order chi connectivity index (χ0) is 16.1. The maximum absolute atomic E-state index is 12.0. The van der Waals surface area contributed by atoms with Crippen LogP contribution in [-0.4, -0.2) is 50.7 Å². The average molecular weight is 306 g/mol. The molecule has 0 unspecified atom stereocenters. The quantitative estimate of drug-likeness (QED) is 0.796. The van der Waals surface area contributed by atoms with E-state index in [1.807, 2.05) is 32.2 Å². The van der Waals surface area contributed by atoms with E-state index in [0.29, 0.717) is 6.04 Å². The zero-order valence-corrected chi connectivity index (χ0v) is 13.9. The van der Waals surface area contributed by atoms with Gasteiger partial charge in [-0.1, -0.05) is 6.07 Å². The summed E-state index contributed by atoms with van der Waals surface area (Å²) in [4.78, 5) is 14.1. The number of ether oxygens (including phenoxy) is 2. The third-order valence-electron chi connectivity index (χ3n) is 4.17. The minimum Gasteiger partial charge on any atom is -0.493 e. The lowest BCUT2D eigenvalue weighted by Gasteiger charge is -2.24. The van der Waals surface area contributed by atoms with Gasteiger partial charge in [-0.05, 0) is 50.9 Å². The number of carbonyl (C=O) groups excluding carboxylic acids is 1. The number of methoxy groups -OCH3 is 2. The van der Waals surface area contributed by atoms with Crippen LogP contribution in [0.3, 0.4) is 0 Å². The van der Waals surface area contributed by atoms with Gasteiger partial charge in [-0.2, -0.15) is 0 Å². The largest absolute Gasteiger partial charge is 0.493 e. The van der Waals surface area contributed by atoms with Crippen LogP contribution < -0.4 is 14.8 Å². The summed E-state index contributed by atoms with van der Waals surface area (Å²) in [6, 6.07) is 6.23. The van der Waals surface area contributed by atoms with Gasteiger partial charge in [-0.3, -0.25) is 9.69 Å². The van der Waals surface area contributed by atoms with Crippen LogP contribution in [0, 0.1) is 0 Å². The zero-order valence-electron chi connectivity index (χ0n) is 13.9. The molecule has 0 radical (unpaired) electrons. The molecule has 1 amide bonds. The summed E-state index contributed by atoms with van der Waals surface area (Å²) in [5, 5.41) is 3.05. The molecule has 0 spiro atoms. The molecular formula is C17H26N2O3. The predicted molar refractivity (Wildman–Crippen MR) is 86.5 cm³/mol. The predicted octanol–water partition coefficient (Wildman–Crippen LogP) is 1.85. The highest BCUT2D eigenvalue weighted by atomic mass is 16.5. The minimum atomic E-state index is -0.110. The fraction of sp³-hybridized carbons (Fsp3) is 0.588. The SMILES string of the molecule is COc1ccc(CCN(C)[C@@H](C)C(=O)NC2CC2)cc1OC. The van der Waals surface area contributed by atoms with Gasteiger partial charge >= 0.3 is 0 Å². The fourth-order valence-corrected chi connectivity index (χ4v) is 2.28. The van der Waals surface area contributed by atoms with Crippen LogP contribution in [0.4, 0.5) is 0 Å². The number of likely N-dealkylation sites (N-methyl/N-ethyl adjacent to an activating group) is 1. The highest BCUT2D eigenvalue weighted by Gasteiger charge is 2.26. The maximum Gasteiger partial charge on any atom is 0.237 e. The first kappa shape index (κ1) is 16.6. The van der Waals surface area contributed by atoms with E-state index in [9.17, 15) is 4.79 Å². The minimum absolute atomic E-state index is 0.110. The molecule has 1 aliphatic carbocycles. The Labute approximate surface area is 132 Å². The molecule has 5 heteroatoms. The molecule has 0 aromatic heterocycles. The lowest BCUT2D eigenvalue weighted by atomic mass is 10.1. The molecule has 1 aromatic carbocycles. The van der Waals surface area contributed by atoms with Gasteiger partial charge in [0.05, 0.1) is 20.3 Å². The van der Waals surface area contributed by atoms with Crippen molar-refractivity contribution in [2.45, 2.75) is 38.3 Å². The summed E-state index contributed by atoms with van der Waals surface area (Å²) >= 11 is 0. The van der Waals surface area contributed by atoms with Crippen molar-refractivity contribution in [2.75, 3.05) is 27.8 Å². The maximum atomic E-state index is 12.0. The second kappa shape index (κ2) is 7.49. The Kier molecular flexibility index (Phi) is 5.66. The third-order valence-corrected chi connectivity index (χ3v) is 4.17. The van der Waals surface area contributed by atoms with E-state index in [2.05, 4.69) is 10.2 Å². The second-order valence-corrected chi connectivity index (χ2v) is 5.88. The molecule has 22 heavy (non-hydrogen) atoms. The molecule has 2 rings (SSSR count). The summed E-state index contributed by atoms with van der Waals surface area (Å²) in [6.07, 6.45) is 3.10. The van der Waals surface area contributed by atoms with Crippen LogP contribution >= 0.6 is 0 Å². The Morgan fingerprint density at radius 3 is 2.59 bits per heavy atom. The molecule has 1 atom stereocenters. The Morgan fingerprint density at radius 1 is 1.32 bits per heavy atom. The Bertz CT molecular complexity index is 515. The van der Waals surface area contributed by atoms with E-state index >= 15 is 0 Å². The van der Waals surface area contributed by atoms with Gasteiger partial charge < -0.3 is 14.8 Å². The Hall–Kier alpha value is -1.75. The smallest absolute Gasteiger partial charge is 0.237 e. The standard InChI is InChI=1S/C17H26N2O3/c1-12(17(20)18-14-6-7-14)19(2)10-9-13-5-8-15(21-3)16(11-13)22-4/h5,8,11-12,14H,6-7,9-10H2,1-4H3,(H,18,20)/t12-/m0/s1. The van der Waals surface area contributed by atoms with Crippen LogP contribution in [0.15, 0.2) is 18.2 Å². The highest BCUT2D eigenvalue weighted by Crippen LogP contribution is 2.27. The van der Waals surface area contributed by atoms with Crippen LogP contribution in [0.5, 0.6) is 11.5 Å². The van der Waals surface area contributed by atoms with Crippen LogP contribution in [0.25, 0.3) is 0 Å². The number of hydrogen-bond acceptors (Lipinski definition) is 4. The monoisotopic (exact) mass is 306 g/mol. The molecule has 1 N–H and O–H groups in total. The van der Waals surface area contributed by atoms with Gasteiger partial charge in [0.25, 0.3) is 0 Å². The molecule has 1 aliphatic rings. The topological polar surface area (TPSA) is 50.8 Å². The summed E-state index contributed by atoms with van der Waals surface area (Å²) in [5.74, 6) is 1.59. The number of nitrogens with one attached hydrogen (secondary N) is 1. The van der Waals surface area contributed by atoms with Crippen molar-refractivity contribution in [3.8, 4) is 11.5 Å². The van der Waals surface area contributed by atoms with Crippen molar-refractivity contribution in [1.29, 1.82) is 0 Å². The van der Waals surface area contributed by atoms with Gasteiger partial charge in [-0.25, -0.2) is 0 Å². The van der Waals surface area contributed by atoms with Crippen molar-refractivity contribution in [1.82, 2.24) is 10.2 Å². The van der Waals surface area contributed by atoms with Crippen molar-refractivity contribution >= 4 is 5.91 Å². The van der Waals surface area contributed by atoms with Gasteiger partial charge in [0.2, 0.25) is 5.91 Å². The van der Waals surface area contributed by atoms with Crippen LogP contribution in [-0.2, 0) is 11.2 Å². The molecular weight excluding hydrogens is 280 g/mol. The highest BCUT2D eigenvalue weighted by molar-refractivity contribution is 5.81. The molecule has 0 aliphatic heterocycles. The second-order valence-electron chi connectivity index (χ2n) is 5.88. The van der Waals surface area contributed by atoms with Gasteiger partial charge in [-0.15, -0.1) is 0 Å². The Balaban J connectivity index is 1.86. The summed E-state index contributed by atoms with van der Waals surface area (Å²) < 4.78 is 10.6. The van der Waals surface area contributed by atoms with Crippen molar-refractivity contribution in [3.05, 3.63) is 23.8 Å². The molecule has 0 bridgehead atoms. The van der Waals surface area contributed by atoms with E-state index in [1.54, 1.807) is 14.2 Å². The number of rotatable bonds is 8. The van der Waals surface area contributed by atoms with E-state index in [-0.39, 0.29) is 11.9 Å². The number of amides is 1. The van der Waals surface area contributed by atoms with Gasteiger partial charge in [0, 0.05) is 12.6 Å². The molecule has 0 heterocycles. The lowest BCUT2D eigenvalue weighted by Crippen LogP contribution is -2.44. The molecule has 0 saturated heterocycles. The number of carbonyl (C=O) groups is 1. The lowest BCUT2D eigenvalue weighted by molar-refractivity contribution is -0.125. The normalized spacial score (nSPS) is 15.5. The van der Waals surface area contributed by atoms with Crippen molar-refractivity contribution < 1.29 is 14.3 Å². The van der Waals surface area contributed by atoms with E-state index in [4.69, 9.17) is 9.47 Å². The number of nitrogens with zero attached hydrogens (tertiary/aromatic N) is 1. The molecule has 5 nitrogen and oxygen atoms in total. The summed E-state index contributed by atoms with van der Waals surface area (Å²) in [7, 11) is 5.25. The van der Waals surface area contributed by atoms with Gasteiger partial charge in [0.1, 0.15) is 0 Å². The van der Waals surface area contributed by atoms with E-state index in [0.717, 1.165) is 37.3 Å². The van der Waals surface area contributed by atoms with E-state index < -0.39 is 0 Å². The van der Waals surface area contributed by atoms with Crippen molar-refractivity contribution in [3.63, 3.8) is 0 Å². The van der Waals surface area contributed by atoms with Crippen LogP contribution in [0.1, 0.15) is 25.3 Å². The first-order chi connectivity index (χ1) is 10.5. The number of hydrogen-bond donors (Lipinski definition) is 1. The average Bonchev–Trinajstić information content (AvgIpc) is 3.35. The Morgan fingerprint density at radius 2 is 2.00 bits per heavy atom. The van der Waals surface area contributed by atoms with Crippen LogP contribution in [0.2, 0.25) is 0 Å².